The molecule has 0 radical (unpaired) electrons. The molecule has 0 spiro atoms. The molecule has 2 heterocycles. The SMILES string of the molecule is C[C@]1(NS(=O)(=O)c2cc(Oc3c(Cl)cc(-n4nc(C(F)F)c(=O)[nH]c4=O)cc3Cl)ncc2O)C[C@H](O)C1. The first-order valence-electron chi connectivity index (χ1n) is 10.3. The molecule has 198 valence electrons. The number of H-pyrrole nitrogens is 1. The van der Waals surface area contributed by atoms with Crippen molar-refractivity contribution in [1.82, 2.24) is 24.5 Å². The number of sulfonamides is 1. The van der Waals surface area contributed by atoms with E-state index in [0.717, 1.165) is 24.4 Å². The normalized spacial score (nSPS) is 19.6. The fourth-order valence-electron chi connectivity index (χ4n) is 3.73. The van der Waals surface area contributed by atoms with Crippen molar-refractivity contribution in [3.63, 3.8) is 0 Å². The lowest BCUT2D eigenvalue weighted by Crippen LogP contribution is -2.57. The van der Waals surface area contributed by atoms with Gasteiger partial charge in [0.05, 0.1) is 28.0 Å². The summed E-state index contributed by atoms with van der Waals surface area (Å²) in [6.45, 7) is 1.60. The fourth-order valence-corrected chi connectivity index (χ4v) is 5.79. The zero-order valence-corrected chi connectivity index (χ0v) is 20.9. The van der Waals surface area contributed by atoms with Crippen molar-refractivity contribution in [1.29, 1.82) is 0 Å². The lowest BCUT2D eigenvalue weighted by atomic mass is 9.77. The van der Waals surface area contributed by atoms with E-state index in [4.69, 9.17) is 27.9 Å². The molecular formula is C20H17Cl2F2N5O7S. The van der Waals surface area contributed by atoms with Crippen molar-refractivity contribution in [2.24, 2.45) is 0 Å². The highest BCUT2D eigenvalue weighted by atomic mass is 35.5. The molecule has 1 aromatic carbocycles. The minimum absolute atomic E-state index is 0.186. The van der Waals surface area contributed by atoms with Gasteiger partial charge in [-0.05, 0) is 31.9 Å². The summed E-state index contributed by atoms with van der Waals surface area (Å²) in [6, 6.07) is 3.07. The Balaban J connectivity index is 1.66. The van der Waals surface area contributed by atoms with Crippen LogP contribution in [0.1, 0.15) is 31.9 Å². The Morgan fingerprint density at radius 2 is 1.86 bits per heavy atom. The van der Waals surface area contributed by atoms with Crippen LogP contribution in [0.25, 0.3) is 5.69 Å². The van der Waals surface area contributed by atoms with Crippen LogP contribution in [0.15, 0.2) is 38.9 Å². The smallest absolute Gasteiger partial charge is 0.349 e. The molecule has 0 aliphatic heterocycles. The number of aromatic amines is 1. The second-order valence-corrected chi connectivity index (χ2v) is 10.9. The van der Waals surface area contributed by atoms with E-state index < -0.39 is 55.7 Å². The third kappa shape index (κ3) is 5.45. The number of aromatic hydroxyl groups is 1. The van der Waals surface area contributed by atoms with Crippen LogP contribution in [0.3, 0.4) is 0 Å². The van der Waals surface area contributed by atoms with E-state index in [2.05, 4.69) is 14.8 Å². The van der Waals surface area contributed by atoms with Gasteiger partial charge >= 0.3 is 5.69 Å². The second kappa shape index (κ2) is 9.64. The molecule has 12 nitrogen and oxygen atoms in total. The summed E-state index contributed by atoms with van der Waals surface area (Å²) in [7, 11) is -4.26. The maximum atomic E-state index is 13.0. The van der Waals surface area contributed by atoms with Crippen LogP contribution in [0.4, 0.5) is 8.78 Å². The Labute approximate surface area is 216 Å². The van der Waals surface area contributed by atoms with Gasteiger partial charge in [0.2, 0.25) is 15.9 Å². The molecule has 0 bridgehead atoms. The fraction of sp³-hybridized carbons (Fsp3) is 0.300. The van der Waals surface area contributed by atoms with Gasteiger partial charge < -0.3 is 14.9 Å². The topological polar surface area (TPSA) is 176 Å². The van der Waals surface area contributed by atoms with E-state index in [0.29, 0.717) is 4.68 Å². The first-order chi connectivity index (χ1) is 17.2. The summed E-state index contributed by atoms with van der Waals surface area (Å²) >= 11 is 12.4. The molecule has 1 aliphatic rings. The summed E-state index contributed by atoms with van der Waals surface area (Å²) in [5.41, 5.74) is -4.78. The van der Waals surface area contributed by atoms with Crippen LogP contribution < -0.4 is 20.7 Å². The van der Waals surface area contributed by atoms with Gasteiger partial charge in [0.25, 0.3) is 12.0 Å². The zero-order valence-electron chi connectivity index (χ0n) is 18.6. The van der Waals surface area contributed by atoms with E-state index in [-0.39, 0.29) is 40.2 Å². The monoisotopic (exact) mass is 579 g/mol. The average Bonchev–Trinajstić information content (AvgIpc) is 2.75. The number of pyridine rings is 1. The van der Waals surface area contributed by atoms with Crippen molar-refractivity contribution in [3.05, 3.63) is 61.0 Å². The highest BCUT2D eigenvalue weighted by Crippen LogP contribution is 2.39. The van der Waals surface area contributed by atoms with E-state index in [1.54, 1.807) is 11.9 Å². The number of ether oxygens (including phenoxy) is 1. The van der Waals surface area contributed by atoms with Crippen LogP contribution in [0, 0.1) is 0 Å². The number of aromatic nitrogens is 4. The molecule has 1 aliphatic carbocycles. The lowest BCUT2D eigenvalue weighted by molar-refractivity contribution is 0.0238. The number of halogens is 4. The Kier molecular flexibility index (Phi) is 7.02. The summed E-state index contributed by atoms with van der Waals surface area (Å²) in [6.07, 6.45) is -2.71. The number of nitrogens with zero attached hydrogens (tertiary/aromatic N) is 3. The molecule has 17 heteroatoms. The van der Waals surface area contributed by atoms with Crippen molar-refractivity contribution >= 4 is 33.2 Å². The molecule has 2 aromatic heterocycles. The van der Waals surface area contributed by atoms with Gasteiger partial charge in [-0.2, -0.15) is 9.78 Å². The number of alkyl halides is 2. The number of rotatable bonds is 7. The summed E-state index contributed by atoms with van der Waals surface area (Å²) in [5.74, 6) is -1.26. The van der Waals surface area contributed by atoms with Crippen molar-refractivity contribution in [2.75, 3.05) is 0 Å². The van der Waals surface area contributed by atoms with Crippen molar-refractivity contribution in [2.45, 2.75) is 42.7 Å². The maximum Gasteiger partial charge on any atom is 0.349 e. The van der Waals surface area contributed by atoms with Crippen LogP contribution in [0.5, 0.6) is 17.4 Å². The van der Waals surface area contributed by atoms with Crippen molar-refractivity contribution < 1.29 is 32.1 Å². The number of aliphatic hydroxyl groups is 1. The minimum Gasteiger partial charge on any atom is -0.505 e. The molecule has 0 atom stereocenters. The summed E-state index contributed by atoms with van der Waals surface area (Å²) in [4.78, 5) is 28.6. The molecule has 1 fully saturated rings. The molecule has 4 N–H and O–H groups in total. The number of nitrogens with one attached hydrogen (secondary N) is 2. The standard InChI is InChI=1S/C20H17Cl2F2N5O7S/c1-20(5-9(30)6-20)28-37(34,35)13-4-14(25-7-12(13)31)36-16-10(21)2-8(3-11(16)22)29-19(33)26-18(32)15(27-29)17(23)24/h2-4,7,9,17,28,30-31H,5-6H2,1H3,(H,26,32,33)/t9-,20-. The molecule has 1 saturated carbocycles. The largest absolute Gasteiger partial charge is 0.505 e. The van der Waals surface area contributed by atoms with Gasteiger partial charge in [-0.3, -0.25) is 9.78 Å². The third-order valence-corrected chi connectivity index (χ3v) is 7.59. The van der Waals surface area contributed by atoms with Gasteiger partial charge in [0.15, 0.2) is 17.2 Å². The highest BCUT2D eigenvalue weighted by Gasteiger charge is 2.43. The Bertz CT molecular complexity index is 1580. The number of benzene rings is 1. The highest BCUT2D eigenvalue weighted by molar-refractivity contribution is 7.89. The van der Waals surface area contributed by atoms with Crippen LogP contribution in [-0.2, 0) is 10.0 Å². The first-order valence-corrected chi connectivity index (χ1v) is 12.5. The number of aliphatic hydroxyl groups excluding tert-OH is 1. The maximum absolute atomic E-state index is 13.0. The minimum atomic E-state index is -4.26. The number of hydrogen-bond acceptors (Lipinski definition) is 9. The average molecular weight is 580 g/mol. The molecule has 0 amide bonds. The second-order valence-electron chi connectivity index (χ2n) is 8.42. The van der Waals surface area contributed by atoms with Gasteiger partial charge in [-0.1, -0.05) is 23.2 Å². The molecule has 0 unspecified atom stereocenters. The van der Waals surface area contributed by atoms with Crippen molar-refractivity contribution in [3.8, 4) is 23.1 Å². The van der Waals surface area contributed by atoms with E-state index >= 15 is 0 Å². The van der Waals surface area contributed by atoms with Crippen LogP contribution in [-0.4, -0.2) is 50.0 Å². The lowest BCUT2D eigenvalue weighted by Gasteiger charge is -2.42. The Hall–Kier alpha value is -3.11. The molecular weight excluding hydrogens is 563 g/mol. The van der Waals surface area contributed by atoms with Gasteiger partial charge in [-0.15, -0.1) is 0 Å². The molecule has 3 aromatic rings. The van der Waals surface area contributed by atoms with E-state index in [1.807, 2.05) is 0 Å². The first kappa shape index (κ1) is 26.9. The number of hydrogen-bond donors (Lipinski definition) is 4. The van der Waals surface area contributed by atoms with Crippen LogP contribution >= 0.6 is 23.2 Å². The van der Waals surface area contributed by atoms with Gasteiger partial charge in [0.1, 0.15) is 4.90 Å². The summed E-state index contributed by atoms with van der Waals surface area (Å²) in [5, 5.41) is 22.5. The third-order valence-electron chi connectivity index (χ3n) is 5.36. The predicted octanol–water partition coefficient (Wildman–Crippen LogP) is 2.25. The molecule has 4 rings (SSSR count). The molecule has 0 saturated heterocycles. The van der Waals surface area contributed by atoms with Gasteiger partial charge in [0, 0.05) is 11.6 Å². The Morgan fingerprint density at radius 1 is 1.24 bits per heavy atom. The summed E-state index contributed by atoms with van der Waals surface area (Å²) < 4.78 is 60.1. The zero-order chi connectivity index (χ0) is 27.3. The predicted molar refractivity (Wildman–Crippen MR) is 125 cm³/mol. The van der Waals surface area contributed by atoms with Crippen LogP contribution in [0.2, 0.25) is 10.0 Å². The quantitative estimate of drug-likeness (QED) is 0.327. The van der Waals surface area contributed by atoms with Gasteiger partial charge in [-0.25, -0.2) is 31.7 Å². The van der Waals surface area contributed by atoms with E-state index in [9.17, 15) is 37.0 Å². The Morgan fingerprint density at radius 3 is 2.43 bits per heavy atom. The van der Waals surface area contributed by atoms with E-state index in [1.165, 1.54) is 0 Å². The molecule has 37 heavy (non-hydrogen) atoms.